The number of anilines is 3. The first-order chi connectivity index (χ1) is 41.6. The van der Waals surface area contributed by atoms with Crippen LogP contribution in [0.25, 0.3) is 127 Å². The van der Waals surface area contributed by atoms with Crippen molar-refractivity contribution in [2.75, 3.05) is 4.90 Å². The Morgan fingerprint density at radius 1 is 0.202 bits per heavy atom. The number of para-hydroxylation sites is 2. The van der Waals surface area contributed by atoms with E-state index in [1.54, 1.807) is 0 Å². The third-order valence-corrected chi connectivity index (χ3v) is 16.5. The smallest absolute Gasteiger partial charge is 0.0547 e. The summed E-state index contributed by atoms with van der Waals surface area (Å²) < 4.78 is 2.41. The number of benzene rings is 14. The van der Waals surface area contributed by atoms with Gasteiger partial charge in [-0.2, -0.15) is 0 Å². The highest BCUT2D eigenvalue weighted by atomic mass is 15.1. The van der Waals surface area contributed by atoms with Crippen LogP contribution in [-0.2, 0) is 0 Å². The summed E-state index contributed by atoms with van der Waals surface area (Å²) >= 11 is 0. The monoisotopic (exact) mass is 1070 g/mol. The van der Waals surface area contributed by atoms with Crippen molar-refractivity contribution in [3.8, 4) is 94.7 Å². The highest BCUT2D eigenvalue weighted by Gasteiger charge is 2.21. The topological polar surface area (TPSA) is 8.17 Å². The van der Waals surface area contributed by atoms with Gasteiger partial charge in [0.05, 0.1) is 11.0 Å². The summed E-state index contributed by atoms with van der Waals surface area (Å²) in [6.45, 7) is 0. The van der Waals surface area contributed by atoms with Crippen LogP contribution in [0.3, 0.4) is 0 Å². The molecule has 2 nitrogen and oxygen atoms in total. The Bertz CT molecular complexity index is 4780. The third-order valence-electron chi connectivity index (χ3n) is 16.5. The van der Waals surface area contributed by atoms with Gasteiger partial charge in [-0.1, -0.05) is 231 Å². The standard InChI is InChI=1S/C82H56N2/c1-6-21-57(22-7-1)62-39-43-75(44-40-62)83(77-55-71(60-27-12-4-13-28-60)52-72(56-77)70-50-66(58-23-8-2-9-24-58)48-67(51-70)59-25-10-3-11-26-59)76-45-41-63(42-46-76)68-49-69(65-38-37-61-29-16-17-30-64(61)47-65)54-73(53-68)78-34-20-36-81-82(78)79-33-18-19-35-80(79)84(81)74-31-14-5-15-32-74/h1-56H. The molecule has 0 aliphatic heterocycles. The Hall–Kier alpha value is -11.1. The molecule has 0 bridgehead atoms. The summed E-state index contributed by atoms with van der Waals surface area (Å²) in [5, 5.41) is 4.91. The van der Waals surface area contributed by atoms with Crippen molar-refractivity contribution in [3.05, 3.63) is 340 Å². The van der Waals surface area contributed by atoms with Gasteiger partial charge in [-0.15, -0.1) is 0 Å². The second-order valence-electron chi connectivity index (χ2n) is 21.7. The molecule has 2 heteroatoms. The fourth-order valence-electron chi connectivity index (χ4n) is 12.4. The number of rotatable bonds is 12. The molecule has 0 N–H and O–H groups in total. The second-order valence-corrected chi connectivity index (χ2v) is 21.7. The van der Waals surface area contributed by atoms with Gasteiger partial charge >= 0.3 is 0 Å². The van der Waals surface area contributed by atoms with Gasteiger partial charge in [-0.25, -0.2) is 0 Å². The average Bonchev–Trinajstić information content (AvgIpc) is 2.46. The minimum Gasteiger partial charge on any atom is -0.310 e. The summed E-state index contributed by atoms with van der Waals surface area (Å²) in [6, 6.07) is 124. The van der Waals surface area contributed by atoms with Gasteiger partial charge in [0.2, 0.25) is 0 Å². The molecule has 0 saturated heterocycles. The van der Waals surface area contributed by atoms with E-state index in [2.05, 4.69) is 349 Å². The summed E-state index contributed by atoms with van der Waals surface area (Å²) in [5.41, 5.74) is 25.3. The molecule has 0 atom stereocenters. The van der Waals surface area contributed by atoms with E-state index in [1.165, 1.54) is 88.2 Å². The number of nitrogens with zero attached hydrogens (tertiary/aromatic N) is 2. The molecule has 15 rings (SSSR count). The first kappa shape index (κ1) is 49.9. The van der Waals surface area contributed by atoms with Gasteiger partial charge in [-0.3, -0.25) is 0 Å². The number of fused-ring (bicyclic) bond motifs is 4. The van der Waals surface area contributed by atoms with Crippen molar-refractivity contribution < 1.29 is 0 Å². The zero-order valence-corrected chi connectivity index (χ0v) is 46.2. The molecule has 1 aromatic heterocycles. The predicted molar refractivity (Wildman–Crippen MR) is 356 cm³/mol. The second kappa shape index (κ2) is 21.8. The molecule has 394 valence electrons. The van der Waals surface area contributed by atoms with Crippen molar-refractivity contribution in [3.63, 3.8) is 0 Å². The largest absolute Gasteiger partial charge is 0.310 e. The van der Waals surface area contributed by atoms with Crippen LogP contribution in [0.5, 0.6) is 0 Å². The van der Waals surface area contributed by atoms with E-state index in [-0.39, 0.29) is 0 Å². The Morgan fingerprint density at radius 3 is 1.12 bits per heavy atom. The van der Waals surface area contributed by atoms with Crippen LogP contribution in [0, 0.1) is 0 Å². The average molecular weight is 1070 g/mol. The first-order valence-electron chi connectivity index (χ1n) is 28.9. The van der Waals surface area contributed by atoms with Crippen LogP contribution in [0.4, 0.5) is 17.1 Å². The van der Waals surface area contributed by atoms with Crippen LogP contribution in [0.2, 0.25) is 0 Å². The van der Waals surface area contributed by atoms with E-state index in [0.29, 0.717) is 0 Å². The van der Waals surface area contributed by atoms with E-state index in [9.17, 15) is 0 Å². The maximum Gasteiger partial charge on any atom is 0.0547 e. The quantitative estimate of drug-likeness (QED) is 0.118. The maximum absolute atomic E-state index is 2.42. The Balaban J connectivity index is 0.909. The molecule has 0 amide bonds. The van der Waals surface area contributed by atoms with E-state index in [0.717, 1.165) is 56.1 Å². The Labute approximate surface area is 490 Å². The Morgan fingerprint density at radius 2 is 0.571 bits per heavy atom. The minimum absolute atomic E-state index is 1.05. The highest BCUT2D eigenvalue weighted by molar-refractivity contribution is 6.16. The summed E-state index contributed by atoms with van der Waals surface area (Å²) in [7, 11) is 0. The number of aromatic nitrogens is 1. The van der Waals surface area contributed by atoms with E-state index >= 15 is 0 Å². The summed E-state index contributed by atoms with van der Waals surface area (Å²) in [4.78, 5) is 2.42. The van der Waals surface area contributed by atoms with Gasteiger partial charge in [0, 0.05) is 33.5 Å². The molecule has 0 saturated carbocycles. The van der Waals surface area contributed by atoms with Gasteiger partial charge < -0.3 is 9.47 Å². The van der Waals surface area contributed by atoms with E-state index in [1.807, 2.05) is 0 Å². The van der Waals surface area contributed by atoms with Gasteiger partial charge in [-0.05, 0) is 209 Å². The summed E-state index contributed by atoms with van der Waals surface area (Å²) in [5.74, 6) is 0. The lowest BCUT2D eigenvalue weighted by Crippen LogP contribution is -2.10. The predicted octanol–water partition coefficient (Wildman–Crippen LogP) is 22.7. The van der Waals surface area contributed by atoms with Crippen molar-refractivity contribution >= 4 is 49.6 Å². The molecular weight excluding hydrogens is 1010 g/mol. The fourth-order valence-corrected chi connectivity index (χ4v) is 12.4. The van der Waals surface area contributed by atoms with Gasteiger partial charge in [0.15, 0.2) is 0 Å². The van der Waals surface area contributed by atoms with E-state index < -0.39 is 0 Å². The van der Waals surface area contributed by atoms with Crippen LogP contribution in [-0.4, -0.2) is 4.57 Å². The van der Waals surface area contributed by atoms with E-state index in [4.69, 9.17) is 0 Å². The first-order valence-corrected chi connectivity index (χ1v) is 28.9. The number of hydrogen-bond donors (Lipinski definition) is 0. The van der Waals surface area contributed by atoms with Crippen molar-refractivity contribution in [2.45, 2.75) is 0 Å². The molecule has 0 aliphatic rings. The molecule has 14 aromatic carbocycles. The van der Waals surface area contributed by atoms with Gasteiger partial charge in [0.1, 0.15) is 0 Å². The van der Waals surface area contributed by atoms with Crippen LogP contribution in [0.1, 0.15) is 0 Å². The SMILES string of the molecule is c1ccc(-c2ccc(N(c3ccc(-c4cc(-c5ccc6ccccc6c5)cc(-c5cccc6c5c5ccccc5n6-c5ccccc5)c4)cc3)c3cc(-c4ccccc4)cc(-c4cc(-c5ccccc5)cc(-c5ccccc5)c4)c3)cc2)cc1. The molecule has 84 heavy (non-hydrogen) atoms. The lowest BCUT2D eigenvalue weighted by atomic mass is 9.91. The molecule has 0 aliphatic carbocycles. The zero-order valence-electron chi connectivity index (χ0n) is 46.2. The number of hydrogen-bond acceptors (Lipinski definition) is 1. The molecule has 1 heterocycles. The maximum atomic E-state index is 2.42. The minimum atomic E-state index is 1.05. The lowest BCUT2D eigenvalue weighted by molar-refractivity contribution is 1.18. The highest BCUT2D eigenvalue weighted by Crippen LogP contribution is 2.45. The lowest BCUT2D eigenvalue weighted by Gasteiger charge is -2.27. The zero-order chi connectivity index (χ0) is 55.8. The van der Waals surface area contributed by atoms with Crippen molar-refractivity contribution in [2.24, 2.45) is 0 Å². The normalized spacial score (nSPS) is 11.3. The fraction of sp³-hybridized carbons (Fsp3) is 0. The summed E-state index contributed by atoms with van der Waals surface area (Å²) in [6.07, 6.45) is 0. The molecule has 0 fully saturated rings. The van der Waals surface area contributed by atoms with Gasteiger partial charge in [0.25, 0.3) is 0 Å². The molecule has 0 radical (unpaired) electrons. The van der Waals surface area contributed by atoms with Crippen molar-refractivity contribution in [1.82, 2.24) is 4.57 Å². The van der Waals surface area contributed by atoms with Crippen LogP contribution >= 0.6 is 0 Å². The van der Waals surface area contributed by atoms with Crippen LogP contribution < -0.4 is 4.90 Å². The van der Waals surface area contributed by atoms with Crippen LogP contribution in [0.15, 0.2) is 340 Å². The molecule has 0 unspecified atom stereocenters. The molecular formula is C82H56N2. The molecule has 15 aromatic rings. The van der Waals surface area contributed by atoms with Crippen molar-refractivity contribution in [1.29, 1.82) is 0 Å². The third kappa shape index (κ3) is 9.62. The Kier molecular flexibility index (Phi) is 12.9. The molecule has 0 spiro atoms.